The second kappa shape index (κ2) is 9.54. The lowest BCUT2D eigenvalue weighted by Crippen LogP contribution is -2.42. The molecule has 9 nitrogen and oxygen atoms in total. The Balaban J connectivity index is 1.61. The molecule has 0 atom stereocenters. The number of rotatable bonds is 7. The lowest BCUT2D eigenvalue weighted by Gasteiger charge is -2.10. The third kappa shape index (κ3) is 5.77. The first kappa shape index (κ1) is 22.2. The molecule has 0 bridgehead atoms. The van der Waals surface area contributed by atoms with Crippen LogP contribution in [0, 0.1) is 13.8 Å². The highest BCUT2D eigenvalue weighted by Gasteiger charge is 2.17. The van der Waals surface area contributed by atoms with Crippen molar-refractivity contribution in [3.05, 3.63) is 82.7 Å². The lowest BCUT2D eigenvalue weighted by molar-refractivity contribution is -0.121. The Kier molecular flexibility index (Phi) is 6.83. The van der Waals surface area contributed by atoms with Crippen molar-refractivity contribution in [2.75, 3.05) is 0 Å². The molecule has 0 radical (unpaired) electrons. The fraction of sp³-hybridized carbons (Fsp3) is 0.190. The Morgan fingerprint density at radius 3 is 2.42 bits per heavy atom. The predicted octanol–water partition coefficient (Wildman–Crippen LogP) is 1.77. The molecule has 3 aromatic rings. The number of carbonyl (C=O) groups excluding carboxylic acids is 2. The Hall–Kier alpha value is -3.50. The zero-order chi connectivity index (χ0) is 22.4. The van der Waals surface area contributed by atoms with Gasteiger partial charge in [-0.05, 0) is 37.6 Å². The summed E-state index contributed by atoms with van der Waals surface area (Å²) in [5.41, 5.74) is 6.72. The molecule has 0 unspecified atom stereocenters. The molecule has 0 aliphatic carbocycles. The quantitative estimate of drug-likeness (QED) is 0.478. The molecule has 3 N–H and O–H groups in total. The SMILES string of the molecule is Cc1noc(C)c1CC(=O)NNC(=O)c1cccc(S(=O)(=O)NCc2ccccc2)c1. The largest absolute Gasteiger partial charge is 0.361 e. The molecule has 0 saturated carbocycles. The number of aromatic nitrogens is 1. The van der Waals surface area contributed by atoms with Crippen LogP contribution >= 0.6 is 0 Å². The zero-order valence-corrected chi connectivity index (χ0v) is 17.8. The first-order chi connectivity index (χ1) is 14.8. The van der Waals surface area contributed by atoms with Gasteiger partial charge in [-0.2, -0.15) is 0 Å². The molecule has 0 saturated heterocycles. The number of amides is 2. The summed E-state index contributed by atoms with van der Waals surface area (Å²) in [6, 6.07) is 14.6. The van der Waals surface area contributed by atoms with Crippen LogP contribution in [0.1, 0.15) is 32.9 Å². The number of hydrogen-bond donors (Lipinski definition) is 3. The van der Waals surface area contributed by atoms with E-state index in [1.807, 2.05) is 18.2 Å². The first-order valence-corrected chi connectivity index (χ1v) is 10.9. The highest BCUT2D eigenvalue weighted by Crippen LogP contribution is 2.13. The van der Waals surface area contributed by atoms with Crippen molar-refractivity contribution in [1.29, 1.82) is 0 Å². The maximum atomic E-state index is 12.6. The summed E-state index contributed by atoms with van der Waals surface area (Å²) in [4.78, 5) is 24.4. The fourth-order valence-electron chi connectivity index (χ4n) is 2.82. The van der Waals surface area contributed by atoms with Crippen LogP contribution in [0.5, 0.6) is 0 Å². The molecule has 3 rings (SSSR count). The van der Waals surface area contributed by atoms with Crippen LogP contribution in [0.2, 0.25) is 0 Å². The van der Waals surface area contributed by atoms with E-state index in [9.17, 15) is 18.0 Å². The van der Waals surface area contributed by atoms with Crippen molar-refractivity contribution in [2.24, 2.45) is 0 Å². The minimum absolute atomic E-state index is 0.0146. The van der Waals surface area contributed by atoms with Crippen LogP contribution in [0.25, 0.3) is 0 Å². The van der Waals surface area contributed by atoms with E-state index >= 15 is 0 Å². The van der Waals surface area contributed by atoms with Gasteiger partial charge in [-0.1, -0.05) is 41.6 Å². The molecule has 0 spiro atoms. The van der Waals surface area contributed by atoms with Crippen molar-refractivity contribution in [1.82, 2.24) is 20.7 Å². The van der Waals surface area contributed by atoms with Crippen LogP contribution in [-0.2, 0) is 27.8 Å². The molecule has 0 aliphatic rings. The van der Waals surface area contributed by atoms with Crippen molar-refractivity contribution in [3.63, 3.8) is 0 Å². The minimum atomic E-state index is -3.82. The van der Waals surface area contributed by atoms with Crippen LogP contribution in [0.15, 0.2) is 64.0 Å². The zero-order valence-electron chi connectivity index (χ0n) is 17.0. The molecule has 10 heteroatoms. The first-order valence-electron chi connectivity index (χ1n) is 9.41. The van der Waals surface area contributed by atoms with Crippen LogP contribution in [0.3, 0.4) is 0 Å². The van der Waals surface area contributed by atoms with E-state index in [1.165, 1.54) is 24.3 Å². The number of carbonyl (C=O) groups is 2. The summed E-state index contributed by atoms with van der Waals surface area (Å²) >= 11 is 0. The lowest BCUT2D eigenvalue weighted by atomic mass is 10.1. The average Bonchev–Trinajstić information content (AvgIpc) is 3.09. The van der Waals surface area contributed by atoms with Gasteiger partial charge in [-0.15, -0.1) is 0 Å². The standard InChI is InChI=1S/C21H22N4O5S/c1-14-19(15(2)30-25-14)12-20(26)23-24-21(27)17-9-6-10-18(11-17)31(28,29)22-13-16-7-4-3-5-8-16/h3-11,22H,12-13H2,1-2H3,(H,23,26)(H,24,27). The second-order valence-electron chi connectivity index (χ2n) is 6.82. The Morgan fingerprint density at radius 2 is 1.74 bits per heavy atom. The summed E-state index contributed by atoms with van der Waals surface area (Å²) < 4.78 is 32.6. The van der Waals surface area contributed by atoms with Gasteiger partial charge in [0.1, 0.15) is 5.76 Å². The van der Waals surface area contributed by atoms with Crippen LogP contribution in [0.4, 0.5) is 0 Å². The molecule has 162 valence electrons. The van der Waals surface area contributed by atoms with Crippen LogP contribution in [-0.4, -0.2) is 25.4 Å². The van der Waals surface area contributed by atoms with Gasteiger partial charge in [0.2, 0.25) is 15.9 Å². The molecule has 0 aliphatic heterocycles. The highest BCUT2D eigenvalue weighted by atomic mass is 32.2. The number of nitrogens with zero attached hydrogens (tertiary/aromatic N) is 1. The van der Waals surface area contributed by atoms with Crippen molar-refractivity contribution in [3.8, 4) is 0 Å². The highest BCUT2D eigenvalue weighted by molar-refractivity contribution is 7.89. The summed E-state index contributed by atoms with van der Waals surface area (Å²) in [5, 5.41) is 3.77. The molecule has 0 fully saturated rings. The van der Waals surface area contributed by atoms with Gasteiger partial charge in [0.25, 0.3) is 5.91 Å². The molecule has 1 heterocycles. The topological polar surface area (TPSA) is 130 Å². The summed E-state index contributed by atoms with van der Waals surface area (Å²) in [6.07, 6.45) is -0.0146. The van der Waals surface area contributed by atoms with E-state index in [2.05, 4.69) is 20.7 Å². The molecule has 1 aromatic heterocycles. The molecule has 2 aromatic carbocycles. The minimum Gasteiger partial charge on any atom is -0.361 e. The van der Waals surface area contributed by atoms with E-state index in [0.29, 0.717) is 17.0 Å². The normalized spacial score (nSPS) is 11.2. The summed E-state index contributed by atoms with van der Waals surface area (Å²) in [6.45, 7) is 3.53. The Labute approximate surface area is 179 Å². The number of sulfonamides is 1. The van der Waals surface area contributed by atoms with Crippen molar-refractivity contribution in [2.45, 2.75) is 31.7 Å². The number of nitrogens with one attached hydrogen (secondary N) is 3. The van der Waals surface area contributed by atoms with Gasteiger partial charge in [-0.25, -0.2) is 13.1 Å². The predicted molar refractivity (Wildman–Crippen MR) is 112 cm³/mol. The number of aryl methyl sites for hydroxylation is 2. The molecular weight excluding hydrogens is 420 g/mol. The average molecular weight is 442 g/mol. The third-order valence-electron chi connectivity index (χ3n) is 4.55. The van der Waals surface area contributed by atoms with E-state index in [-0.39, 0.29) is 23.4 Å². The summed E-state index contributed by atoms with van der Waals surface area (Å²) in [5.74, 6) is -0.580. The molecule has 2 amide bonds. The van der Waals surface area contributed by atoms with Gasteiger partial charge in [-0.3, -0.25) is 20.4 Å². The smallest absolute Gasteiger partial charge is 0.269 e. The van der Waals surface area contributed by atoms with Gasteiger partial charge >= 0.3 is 0 Å². The Bertz CT molecular complexity index is 1170. The third-order valence-corrected chi connectivity index (χ3v) is 5.95. The van der Waals surface area contributed by atoms with E-state index in [4.69, 9.17) is 4.52 Å². The molecular formula is C21H22N4O5S. The van der Waals surface area contributed by atoms with Crippen molar-refractivity contribution < 1.29 is 22.5 Å². The number of benzene rings is 2. The van der Waals surface area contributed by atoms with E-state index in [1.54, 1.807) is 26.0 Å². The Morgan fingerprint density at radius 1 is 1.00 bits per heavy atom. The summed E-state index contributed by atoms with van der Waals surface area (Å²) in [7, 11) is -3.82. The van der Waals surface area contributed by atoms with Crippen molar-refractivity contribution >= 4 is 21.8 Å². The van der Waals surface area contributed by atoms with E-state index in [0.717, 1.165) is 5.56 Å². The second-order valence-corrected chi connectivity index (χ2v) is 8.59. The van der Waals surface area contributed by atoms with E-state index < -0.39 is 21.8 Å². The monoisotopic (exact) mass is 442 g/mol. The number of hydrazine groups is 1. The molecule has 31 heavy (non-hydrogen) atoms. The maximum Gasteiger partial charge on any atom is 0.269 e. The number of hydrogen-bond acceptors (Lipinski definition) is 6. The van der Waals surface area contributed by atoms with Gasteiger partial charge in [0, 0.05) is 17.7 Å². The van der Waals surface area contributed by atoms with Gasteiger partial charge < -0.3 is 4.52 Å². The van der Waals surface area contributed by atoms with Gasteiger partial charge in [0.05, 0.1) is 17.0 Å². The maximum absolute atomic E-state index is 12.6. The van der Waals surface area contributed by atoms with Gasteiger partial charge in [0.15, 0.2) is 0 Å². The van der Waals surface area contributed by atoms with Crippen LogP contribution < -0.4 is 15.6 Å². The fourth-order valence-corrected chi connectivity index (χ4v) is 3.88.